The largest absolute Gasteiger partial charge is 0.106 e. The van der Waals surface area contributed by atoms with Gasteiger partial charge in [-0.3, -0.25) is 0 Å². The molecule has 212 valence electrons. The van der Waals surface area contributed by atoms with Crippen molar-refractivity contribution in [3.63, 3.8) is 0 Å². The van der Waals surface area contributed by atoms with Crippen molar-refractivity contribution < 1.29 is 0 Å². The minimum Gasteiger partial charge on any atom is -0.106 e. The maximum atomic E-state index is 2.45. The molecule has 0 aliphatic rings. The first-order valence-corrected chi connectivity index (χ1v) is 17.4. The SMILES string of the molecule is CCCCCCCCCCCCCCCCCPC(c1ccccc1)(c1ccccc1)C(C)c1ccccc1. The van der Waals surface area contributed by atoms with Gasteiger partial charge in [-0.2, -0.15) is 0 Å². The van der Waals surface area contributed by atoms with Crippen LogP contribution in [0.4, 0.5) is 0 Å². The average molecular weight is 543 g/mol. The molecule has 3 aromatic rings. The number of unbranched alkanes of at least 4 members (excludes halogenated alkanes) is 14. The molecule has 0 bridgehead atoms. The van der Waals surface area contributed by atoms with E-state index < -0.39 is 0 Å². The monoisotopic (exact) mass is 542 g/mol. The summed E-state index contributed by atoms with van der Waals surface area (Å²) in [4.78, 5) is 0. The Kier molecular flexibility index (Phi) is 15.6. The van der Waals surface area contributed by atoms with Gasteiger partial charge >= 0.3 is 0 Å². The molecule has 39 heavy (non-hydrogen) atoms. The van der Waals surface area contributed by atoms with Gasteiger partial charge in [0.1, 0.15) is 0 Å². The Morgan fingerprint density at radius 2 is 0.846 bits per heavy atom. The predicted octanol–water partition coefficient (Wildman–Crippen LogP) is 12.3. The lowest BCUT2D eigenvalue weighted by atomic mass is 9.77. The van der Waals surface area contributed by atoms with Crippen LogP contribution in [0, 0.1) is 0 Å². The maximum Gasteiger partial charge on any atom is 0.0438 e. The quantitative estimate of drug-likeness (QED) is 0.0927. The summed E-state index contributed by atoms with van der Waals surface area (Å²) in [5, 5.41) is 0.0138. The molecule has 0 radical (unpaired) electrons. The smallest absolute Gasteiger partial charge is 0.0438 e. The molecule has 0 saturated carbocycles. The van der Waals surface area contributed by atoms with Gasteiger partial charge in [-0.25, -0.2) is 0 Å². The van der Waals surface area contributed by atoms with Crippen molar-refractivity contribution in [3.8, 4) is 0 Å². The highest BCUT2D eigenvalue weighted by atomic mass is 31.1. The summed E-state index contributed by atoms with van der Waals surface area (Å²) in [7, 11) is 0.865. The summed E-state index contributed by atoms with van der Waals surface area (Å²) in [6, 6.07) is 33.9. The number of hydrogen-bond acceptors (Lipinski definition) is 0. The highest BCUT2D eigenvalue weighted by molar-refractivity contribution is 7.40. The van der Waals surface area contributed by atoms with Gasteiger partial charge in [0.2, 0.25) is 0 Å². The molecule has 0 aromatic heterocycles. The summed E-state index contributed by atoms with van der Waals surface area (Å²) >= 11 is 0. The Bertz CT molecular complexity index is 926. The molecular formula is C38H55P. The minimum absolute atomic E-state index is 0.0138. The van der Waals surface area contributed by atoms with Gasteiger partial charge in [0.25, 0.3) is 0 Å². The van der Waals surface area contributed by atoms with Crippen molar-refractivity contribution in [2.75, 3.05) is 6.16 Å². The number of benzene rings is 3. The molecule has 0 spiro atoms. The van der Waals surface area contributed by atoms with Crippen LogP contribution in [0.1, 0.15) is 133 Å². The Morgan fingerprint density at radius 3 is 1.26 bits per heavy atom. The molecule has 2 unspecified atom stereocenters. The van der Waals surface area contributed by atoms with Crippen LogP contribution in [-0.2, 0) is 5.16 Å². The Balaban J connectivity index is 1.46. The summed E-state index contributed by atoms with van der Waals surface area (Å²) in [6.45, 7) is 4.76. The topological polar surface area (TPSA) is 0 Å². The van der Waals surface area contributed by atoms with E-state index in [4.69, 9.17) is 0 Å². The molecule has 0 nitrogen and oxygen atoms in total. The molecule has 0 amide bonds. The zero-order valence-corrected chi connectivity index (χ0v) is 26.1. The standard InChI is InChI=1S/C38H55P/c1-3-4-5-6-7-8-9-10-11-12-13-14-15-16-26-33-39-38(36-29-22-18-23-30-36,37-31-24-19-25-32-37)34(2)35-27-20-17-21-28-35/h17-25,27-32,34,39H,3-16,26,33H2,1-2H3. The highest BCUT2D eigenvalue weighted by Crippen LogP contribution is 2.56. The lowest BCUT2D eigenvalue weighted by Gasteiger charge is -2.41. The van der Waals surface area contributed by atoms with E-state index in [1.165, 1.54) is 119 Å². The van der Waals surface area contributed by atoms with Crippen molar-refractivity contribution in [1.82, 2.24) is 0 Å². The van der Waals surface area contributed by atoms with Crippen molar-refractivity contribution in [1.29, 1.82) is 0 Å². The van der Waals surface area contributed by atoms with E-state index in [0.29, 0.717) is 5.92 Å². The van der Waals surface area contributed by atoms with E-state index in [2.05, 4.69) is 105 Å². The van der Waals surface area contributed by atoms with Crippen LogP contribution in [0.15, 0.2) is 91.0 Å². The number of rotatable bonds is 21. The first-order valence-electron chi connectivity index (χ1n) is 16.2. The third-order valence-corrected chi connectivity index (χ3v) is 10.8. The second-order valence-electron chi connectivity index (χ2n) is 11.5. The molecule has 0 fully saturated rings. The van der Waals surface area contributed by atoms with Crippen LogP contribution in [0.5, 0.6) is 0 Å². The fourth-order valence-corrected chi connectivity index (χ4v) is 8.24. The predicted molar refractivity (Wildman–Crippen MR) is 177 cm³/mol. The van der Waals surface area contributed by atoms with Crippen molar-refractivity contribution >= 4 is 8.58 Å². The van der Waals surface area contributed by atoms with Gasteiger partial charge < -0.3 is 0 Å². The zero-order valence-electron chi connectivity index (χ0n) is 25.1. The van der Waals surface area contributed by atoms with Gasteiger partial charge in [-0.15, -0.1) is 8.58 Å². The Labute approximate surface area is 243 Å². The molecule has 1 heteroatoms. The van der Waals surface area contributed by atoms with Crippen LogP contribution < -0.4 is 0 Å². The lowest BCUT2D eigenvalue weighted by molar-refractivity contribution is 0.534. The second kappa shape index (κ2) is 19.2. The van der Waals surface area contributed by atoms with Gasteiger partial charge in [-0.05, 0) is 35.2 Å². The third-order valence-electron chi connectivity index (χ3n) is 8.59. The van der Waals surface area contributed by atoms with Crippen LogP contribution in [-0.4, -0.2) is 6.16 Å². The third kappa shape index (κ3) is 10.5. The van der Waals surface area contributed by atoms with Crippen molar-refractivity contribution in [2.45, 2.75) is 121 Å². The molecule has 2 atom stereocenters. The fourth-order valence-electron chi connectivity index (χ4n) is 6.20. The normalized spacial score (nSPS) is 12.8. The Hall–Kier alpha value is -1.91. The maximum absolute atomic E-state index is 2.45. The van der Waals surface area contributed by atoms with E-state index in [1.807, 2.05) is 0 Å². The van der Waals surface area contributed by atoms with Gasteiger partial charge in [0, 0.05) is 5.16 Å². The average Bonchev–Trinajstić information content (AvgIpc) is 3.00. The molecule has 0 aliphatic carbocycles. The first kappa shape index (κ1) is 31.6. The van der Waals surface area contributed by atoms with Gasteiger partial charge in [-0.1, -0.05) is 195 Å². The molecule has 0 N–H and O–H groups in total. The molecule has 0 aliphatic heterocycles. The summed E-state index contributed by atoms with van der Waals surface area (Å²) in [6.07, 6.45) is 22.7. The van der Waals surface area contributed by atoms with Crippen LogP contribution >= 0.6 is 8.58 Å². The number of hydrogen-bond donors (Lipinski definition) is 0. The fraction of sp³-hybridized carbons (Fsp3) is 0.526. The van der Waals surface area contributed by atoms with E-state index in [9.17, 15) is 0 Å². The van der Waals surface area contributed by atoms with Crippen LogP contribution in [0.25, 0.3) is 0 Å². The van der Waals surface area contributed by atoms with Crippen molar-refractivity contribution in [3.05, 3.63) is 108 Å². The van der Waals surface area contributed by atoms with E-state index in [-0.39, 0.29) is 5.16 Å². The van der Waals surface area contributed by atoms with Crippen LogP contribution in [0.2, 0.25) is 0 Å². The molecular weight excluding hydrogens is 487 g/mol. The minimum atomic E-state index is 0.0138. The second-order valence-corrected chi connectivity index (χ2v) is 13.2. The zero-order chi connectivity index (χ0) is 27.4. The van der Waals surface area contributed by atoms with E-state index in [0.717, 1.165) is 8.58 Å². The van der Waals surface area contributed by atoms with Crippen LogP contribution in [0.3, 0.4) is 0 Å². The van der Waals surface area contributed by atoms with Gasteiger partial charge in [0.15, 0.2) is 0 Å². The van der Waals surface area contributed by atoms with E-state index >= 15 is 0 Å². The molecule has 0 heterocycles. The van der Waals surface area contributed by atoms with Gasteiger partial charge in [0.05, 0.1) is 0 Å². The molecule has 3 rings (SSSR count). The molecule has 3 aromatic carbocycles. The summed E-state index contributed by atoms with van der Waals surface area (Å²) in [5.74, 6) is 0.415. The first-order chi connectivity index (χ1) is 19.3. The summed E-state index contributed by atoms with van der Waals surface area (Å²) < 4.78 is 0. The Morgan fingerprint density at radius 1 is 0.487 bits per heavy atom. The van der Waals surface area contributed by atoms with Crippen molar-refractivity contribution in [2.24, 2.45) is 0 Å². The highest BCUT2D eigenvalue weighted by Gasteiger charge is 2.39. The molecule has 0 saturated heterocycles. The summed E-state index contributed by atoms with van der Waals surface area (Å²) in [5.41, 5.74) is 4.37. The lowest BCUT2D eigenvalue weighted by Crippen LogP contribution is -2.29. The van der Waals surface area contributed by atoms with E-state index in [1.54, 1.807) is 0 Å².